The first-order chi connectivity index (χ1) is 10.0. The Morgan fingerprint density at radius 1 is 1.27 bits per heavy atom. The number of unbranched alkanes of at least 4 members (excludes halogenated alkanes) is 2. The molecule has 0 saturated carbocycles. The van der Waals surface area contributed by atoms with Gasteiger partial charge in [-0.2, -0.15) is 21.6 Å². The van der Waals surface area contributed by atoms with Crippen LogP contribution in [0.4, 0.5) is 13.2 Å². The van der Waals surface area contributed by atoms with Crippen LogP contribution in [-0.4, -0.2) is 25.8 Å². The Hall–Kier alpha value is -1.05. The Bertz CT molecular complexity index is 457. The van der Waals surface area contributed by atoms with Crippen LogP contribution in [0.5, 0.6) is 0 Å². The first-order valence-corrected chi connectivity index (χ1v) is 8.67. The van der Waals surface area contributed by atoms with Crippen molar-refractivity contribution in [3.05, 3.63) is 12.7 Å². The number of hydrogen-bond acceptors (Lipinski definition) is 4. The van der Waals surface area contributed by atoms with Crippen molar-refractivity contribution < 1.29 is 30.6 Å². The maximum atomic E-state index is 12.2. The normalized spacial score (nSPS) is 15.1. The molecule has 0 amide bonds. The highest BCUT2D eigenvalue weighted by Crippen LogP contribution is 2.25. The number of rotatable bonds is 10. The zero-order valence-electron chi connectivity index (χ0n) is 12.9. The zero-order chi connectivity index (χ0) is 17.4. The Balaban J connectivity index is 4.63. The van der Waals surface area contributed by atoms with Gasteiger partial charge in [-0.3, -0.25) is 4.79 Å². The third kappa shape index (κ3) is 8.41. The second-order valence-corrected chi connectivity index (χ2v) is 6.98. The second-order valence-electron chi connectivity index (χ2n) is 5.22. The SMILES string of the molecule is C=CC(CCC(F)(F)F)S(=O)(=O)OC(=O)C(C)CCCCC. The zero-order valence-corrected chi connectivity index (χ0v) is 13.7. The van der Waals surface area contributed by atoms with Gasteiger partial charge in [0.25, 0.3) is 0 Å². The summed E-state index contributed by atoms with van der Waals surface area (Å²) in [7, 11) is -4.44. The van der Waals surface area contributed by atoms with Gasteiger partial charge in [0, 0.05) is 6.42 Å². The van der Waals surface area contributed by atoms with Gasteiger partial charge in [0.2, 0.25) is 0 Å². The van der Waals surface area contributed by atoms with Crippen molar-refractivity contribution in [1.29, 1.82) is 0 Å². The van der Waals surface area contributed by atoms with E-state index < -0.39 is 46.3 Å². The maximum Gasteiger partial charge on any atom is 0.389 e. The fourth-order valence-electron chi connectivity index (χ4n) is 1.76. The van der Waals surface area contributed by atoms with Gasteiger partial charge in [0.05, 0.1) is 5.92 Å². The van der Waals surface area contributed by atoms with Gasteiger partial charge in [0.1, 0.15) is 5.25 Å². The van der Waals surface area contributed by atoms with Crippen LogP contribution in [0.3, 0.4) is 0 Å². The van der Waals surface area contributed by atoms with Gasteiger partial charge in [-0.15, -0.1) is 6.58 Å². The molecule has 0 aromatic carbocycles. The molecule has 0 aliphatic heterocycles. The molecule has 0 aliphatic carbocycles. The molecule has 8 heteroatoms. The van der Waals surface area contributed by atoms with Crippen LogP contribution in [0.2, 0.25) is 0 Å². The van der Waals surface area contributed by atoms with Gasteiger partial charge >= 0.3 is 22.3 Å². The number of carbonyl (C=O) groups is 1. The first-order valence-electron chi connectivity index (χ1n) is 7.20. The van der Waals surface area contributed by atoms with E-state index in [2.05, 4.69) is 10.8 Å². The highest BCUT2D eigenvalue weighted by Gasteiger charge is 2.34. The van der Waals surface area contributed by atoms with Crippen LogP contribution in [0.1, 0.15) is 52.4 Å². The summed E-state index contributed by atoms with van der Waals surface area (Å²) < 4.78 is 64.6. The lowest BCUT2D eigenvalue weighted by Gasteiger charge is -2.16. The quantitative estimate of drug-likeness (QED) is 0.342. The van der Waals surface area contributed by atoms with Crippen LogP contribution < -0.4 is 0 Å². The Kier molecular flexibility index (Phi) is 8.73. The molecule has 2 atom stereocenters. The van der Waals surface area contributed by atoms with E-state index in [1.54, 1.807) is 0 Å². The van der Waals surface area contributed by atoms with E-state index in [0.717, 1.165) is 25.3 Å². The lowest BCUT2D eigenvalue weighted by atomic mass is 10.0. The Morgan fingerprint density at radius 2 is 1.86 bits per heavy atom. The summed E-state index contributed by atoms with van der Waals surface area (Å²) in [6, 6.07) is 0. The molecule has 0 fully saturated rings. The summed E-state index contributed by atoms with van der Waals surface area (Å²) in [6.07, 6.45) is -2.53. The summed E-state index contributed by atoms with van der Waals surface area (Å²) in [5, 5.41) is -1.55. The molecule has 0 N–H and O–H groups in total. The molecule has 0 heterocycles. The van der Waals surface area contributed by atoms with Crippen molar-refractivity contribution >= 4 is 16.1 Å². The predicted octanol–water partition coefficient (Wildman–Crippen LogP) is 3.97. The van der Waals surface area contributed by atoms with E-state index >= 15 is 0 Å². The minimum absolute atomic E-state index is 0.476. The van der Waals surface area contributed by atoms with Crippen LogP contribution >= 0.6 is 0 Å². The van der Waals surface area contributed by atoms with Crippen LogP contribution in [0.25, 0.3) is 0 Å². The highest BCUT2D eigenvalue weighted by atomic mass is 32.2. The summed E-state index contributed by atoms with van der Waals surface area (Å²) in [5.74, 6) is -1.55. The van der Waals surface area contributed by atoms with Crippen molar-refractivity contribution in [3.8, 4) is 0 Å². The lowest BCUT2D eigenvalue weighted by molar-refractivity contribution is -0.138. The largest absolute Gasteiger partial charge is 0.389 e. The molecule has 0 rings (SSSR count). The summed E-state index contributed by atoms with van der Waals surface area (Å²) >= 11 is 0. The monoisotopic (exact) mass is 344 g/mol. The third-order valence-electron chi connectivity index (χ3n) is 3.19. The Morgan fingerprint density at radius 3 is 2.32 bits per heavy atom. The van der Waals surface area contributed by atoms with E-state index in [4.69, 9.17) is 0 Å². The molecule has 0 saturated heterocycles. The van der Waals surface area contributed by atoms with Gasteiger partial charge < -0.3 is 4.18 Å². The molecule has 4 nitrogen and oxygen atoms in total. The highest BCUT2D eigenvalue weighted by molar-refractivity contribution is 7.87. The number of halogens is 3. The number of hydrogen-bond donors (Lipinski definition) is 0. The molecule has 22 heavy (non-hydrogen) atoms. The van der Waals surface area contributed by atoms with Crippen molar-refractivity contribution in [3.63, 3.8) is 0 Å². The summed E-state index contributed by atoms with van der Waals surface area (Å²) in [4.78, 5) is 11.7. The molecule has 130 valence electrons. The van der Waals surface area contributed by atoms with Crippen molar-refractivity contribution in [2.24, 2.45) is 5.92 Å². The van der Waals surface area contributed by atoms with Crippen molar-refractivity contribution in [2.45, 2.75) is 63.8 Å². The van der Waals surface area contributed by atoms with E-state index in [1.807, 2.05) is 6.92 Å². The summed E-state index contributed by atoms with van der Waals surface area (Å²) in [6.45, 7) is 6.73. The van der Waals surface area contributed by atoms with Gasteiger partial charge in [-0.25, -0.2) is 0 Å². The Labute approximate surface area is 129 Å². The molecular formula is C14H23F3O4S. The third-order valence-corrected chi connectivity index (χ3v) is 4.75. The first kappa shape index (κ1) is 20.9. The molecule has 0 spiro atoms. The minimum Gasteiger partial charge on any atom is -0.345 e. The average Bonchev–Trinajstić information content (AvgIpc) is 2.37. The van der Waals surface area contributed by atoms with Gasteiger partial charge in [0.15, 0.2) is 0 Å². The topological polar surface area (TPSA) is 60.4 Å². The lowest BCUT2D eigenvalue weighted by Crippen LogP contribution is -2.28. The second kappa shape index (κ2) is 9.17. The standard InChI is InChI=1S/C14H23F3O4S/c1-4-6-7-8-11(3)13(18)21-22(19,20)12(5-2)9-10-14(15,16)17/h5,11-12H,2,4,6-10H2,1,3H3. The minimum atomic E-state index is -4.48. The van der Waals surface area contributed by atoms with E-state index in [-0.39, 0.29) is 0 Å². The molecular weight excluding hydrogens is 321 g/mol. The number of carbonyl (C=O) groups excluding carboxylic acids is 1. The van der Waals surface area contributed by atoms with E-state index in [9.17, 15) is 26.4 Å². The van der Waals surface area contributed by atoms with Gasteiger partial charge in [-0.1, -0.05) is 39.2 Å². The maximum absolute atomic E-state index is 12.2. The van der Waals surface area contributed by atoms with Crippen LogP contribution in [0.15, 0.2) is 12.7 Å². The molecule has 2 unspecified atom stereocenters. The smallest absolute Gasteiger partial charge is 0.345 e. The van der Waals surface area contributed by atoms with Crippen molar-refractivity contribution in [2.75, 3.05) is 0 Å². The van der Waals surface area contributed by atoms with Crippen LogP contribution in [-0.2, 0) is 19.1 Å². The van der Waals surface area contributed by atoms with E-state index in [0.29, 0.717) is 6.42 Å². The molecule has 0 aromatic heterocycles. The van der Waals surface area contributed by atoms with E-state index in [1.165, 1.54) is 6.92 Å². The van der Waals surface area contributed by atoms with Crippen LogP contribution in [0, 0.1) is 5.92 Å². The fraction of sp³-hybridized carbons (Fsp3) is 0.786. The summed E-state index contributed by atoms with van der Waals surface area (Å²) in [5.41, 5.74) is 0. The predicted molar refractivity (Wildman–Crippen MR) is 77.6 cm³/mol. The fourth-order valence-corrected chi connectivity index (χ4v) is 2.92. The molecule has 0 aliphatic rings. The molecule has 0 radical (unpaired) electrons. The molecule has 0 aromatic rings. The average molecular weight is 344 g/mol. The van der Waals surface area contributed by atoms with Gasteiger partial charge in [-0.05, 0) is 12.8 Å². The number of alkyl halides is 3. The molecule has 0 bridgehead atoms. The van der Waals surface area contributed by atoms with Crippen molar-refractivity contribution in [1.82, 2.24) is 0 Å².